The van der Waals surface area contributed by atoms with Gasteiger partial charge in [-0.15, -0.1) is 11.8 Å². The zero-order chi connectivity index (χ0) is 15.1. The van der Waals surface area contributed by atoms with Gasteiger partial charge in [0, 0.05) is 17.5 Å². The maximum atomic E-state index is 5.21. The molecule has 0 aromatic heterocycles. The molecular formula is C18H23NOS. The van der Waals surface area contributed by atoms with Crippen molar-refractivity contribution in [1.29, 1.82) is 0 Å². The molecule has 0 radical (unpaired) electrons. The highest BCUT2D eigenvalue weighted by molar-refractivity contribution is 7.98. The average molecular weight is 301 g/mol. The van der Waals surface area contributed by atoms with Crippen LogP contribution in [0.3, 0.4) is 0 Å². The number of benzene rings is 2. The quantitative estimate of drug-likeness (QED) is 0.752. The Bertz CT molecular complexity index is 536. The van der Waals surface area contributed by atoms with Crippen LogP contribution in [0.5, 0.6) is 5.75 Å². The molecule has 3 heteroatoms. The van der Waals surface area contributed by atoms with Gasteiger partial charge in [-0.3, -0.25) is 0 Å². The molecule has 112 valence electrons. The number of thioether (sulfide) groups is 1. The summed E-state index contributed by atoms with van der Waals surface area (Å²) < 4.78 is 5.21. The summed E-state index contributed by atoms with van der Waals surface area (Å²) in [4.78, 5) is 1.31. The van der Waals surface area contributed by atoms with E-state index < -0.39 is 0 Å². The van der Waals surface area contributed by atoms with Crippen molar-refractivity contribution in [2.45, 2.75) is 30.8 Å². The fourth-order valence-electron chi connectivity index (χ4n) is 2.32. The zero-order valence-electron chi connectivity index (χ0n) is 12.9. The first kappa shape index (κ1) is 15.9. The van der Waals surface area contributed by atoms with Gasteiger partial charge < -0.3 is 10.1 Å². The van der Waals surface area contributed by atoms with E-state index >= 15 is 0 Å². The lowest BCUT2D eigenvalue weighted by molar-refractivity contribution is 0.414. The number of ether oxygens (including phenoxy) is 1. The fraction of sp³-hybridized carbons (Fsp3) is 0.333. The molecule has 2 aromatic rings. The van der Waals surface area contributed by atoms with E-state index in [1.165, 1.54) is 16.0 Å². The van der Waals surface area contributed by atoms with Crippen LogP contribution >= 0.6 is 11.8 Å². The highest BCUT2D eigenvalue weighted by atomic mass is 32.2. The molecule has 2 aromatic carbocycles. The Hall–Kier alpha value is -1.45. The second kappa shape index (κ2) is 8.11. The molecule has 0 aliphatic heterocycles. The predicted octanol–water partition coefficient (Wildman–Crippen LogP) is 4.66. The first-order valence-electron chi connectivity index (χ1n) is 7.27. The van der Waals surface area contributed by atoms with Crippen molar-refractivity contribution in [3.05, 3.63) is 59.7 Å². The lowest BCUT2D eigenvalue weighted by Crippen LogP contribution is -2.20. The number of nitrogens with one attached hydrogen (secondary N) is 1. The van der Waals surface area contributed by atoms with Crippen LogP contribution in [0.25, 0.3) is 0 Å². The minimum absolute atomic E-state index is 0.371. The first-order valence-corrected chi connectivity index (χ1v) is 8.49. The minimum Gasteiger partial charge on any atom is -0.497 e. The monoisotopic (exact) mass is 301 g/mol. The molecule has 0 heterocycles. The van der Waals surface area contributed by atoms with Gasteiger partial charge in [0.15, 0.2) is 0 Å². The Morgan fingerprint density at radius 3 is 2.24 bits per heavy atom. The van der Waals surface area contributed by atoms with Crippen LogP contribution in [0.2, 0.25) is 0 Å². The summed E-state index contributed by atoms with van der Waals surface area (Å²) in [5.41, 5.74) is 2.62. The zero-order valence-corrected chi connectivity index (χ0v) is 13.7. The molecule has 0 bridgehead atoms. The molecule has 0 amide bonds. The molecule has 1 N–H and O–H groups in total. The van der Waals surface area contributed by atoms with Crippen LogP contribution in [0, 0.1) is 0 Å². The van der Waals surface area contributed by atoms with Crippen LogP contribution in [0.1, 0.15) is 30.5 Å². The summed E-state index contributed by atoms with van der Waals surface area (Å²) in [7, 11) is 1.70. The maximum Gasteiger partial charge on any atom is 0.118 e. The Balaban J connectivity index is 1.97. The lowest BCUT2D eigenvalue weighted by atomic mass is 10.0. The van der Waals surface area contributed by atoms with Gasteiger partial charge in [0.2, 0.25) is 0 Å². The molecule has 0 saturated carbocycles. The SMILES string of the molecule is CCC(NCc1ccc(SC)cc1)c1ccc(OC)cc1. The van der Waals surface area contributed by atoms with Gasteiger partial charge in [-0.2, -0.15) is 0 Å². The van der Waals surface area contributed by atoms with E-state index in [1.54, 1.807) is 18.9 Å². The molecule has 0 saturated heterocycles. The van der Waals surface area contributed by atoms with Crippen molar-refractivity contribution in [1.82, 2.24) is 5.32 Å². The van der Waals surface area contributed by atoms with Crippen molar-refractivity contribution in [3.8, 4) is 5.75 Å². The Labute approximate surface area is 131 Å². The van der Waals surface area contributed by atoms with Crippen molar-refractivity contribution < 1.29 is 4.74 Å². The van der Waals surface area contributed by atoms with E-state index in [-0.39, 0.29) is 0 Å². The molecule has 2 rings (SSSR count). The topological polar surface area (TPSA) is 21.3 Å². The van der Waals surface area contributed by atoms with Crippen molar-refractivity contribution >= 4 is 11.8 Å². The Kier molecular flexibility index (Phi) is 6.15. The first-order chi connectivity index (χ1) is 10.3. The minimum atomic E-state index is 0.371. The number of hydrogen-bond donors (Lipinski definition) is 1. The van der Waals surface area contributed by atoms with Gasteiger partial charge in [-0.05, 0) is 48.1 Å². The van der Waals surface area contributed by atoms with Gasteiger partial charge in [0.05, 0.1) is 7.11 Å². The molecule has 2 nitrogen and oxygen atoms in total. The standard InChI is InChI=1S/C18H23NOS/c1-4-18(15-7-9-16(20-2)10-8-15)19-13-14-5-11-17(21-3)12-6-14/h5-12,18-19H,4,13H2,1-3H3. The van der Waals surface area contributed by atoms with Crippen LogP contribution in [-0.2, 0) is 6.54 Å². The summed E-state index contributed by atoms with van der Waals surface area (Å²) >= 11 is 1.77. The summed E-state index contributed by atoms with van der Waals surface area (Å²) in [6.45, 7) is 3.10. The third-order valence-corrected chi connectivity index (χ3v) is 4.38. The van der Waals surface area contributed by atoms with E-state index in [4.69, 9.17) is 4.74 Å². The molecule has 0 aliphatic carbocycles. The third kappa shape index (κ3) is 4.51. The molecule has 0 fully saturated rings. The van der Waals surface area contributed by atoms with Crippen LogP contribution in [-0.4, -0.2) is 13.4 Å². The number of rotatable bonds is 7. The second-order valence-electron chi connectivity index (χ2n) is 4.96. The average Bonchev–Trinajstić information content (AvgIpc) is 2.56. The molecule has 0 spiro atoms. The molecular weight excluding hydrogens is 278 g/mol. The smallest absolute Gasteiger partial charge is 0.118 e. The Morgan fingerprint density at radius 1 is 1.05 bits per heavy atom. The summed E-state index contributed by atoms with van der Waals surface area (Å²) in [6, 6.07) is 17.4. The van der Waals surface area contributed by atoms with Gasteiger partial charge in [0.1, 0.15) is 5.75 Å². The van der Waals surface area contributed by atoms with E-state index in [0.29, 0.717) is 6.04 Å². The molecule has 1 atom stereocenters. The molecule has 1 unspecified atom stereocenters. The third-order valence-electron chi connectivity index (χ3n) is 3.64. The number of methoxy groups -OCH3 is 1. The van der Waals surface area contributed by atoms with Gasteiger partial charge >= 0.3 is 0 Å². The van der Waals surface area contributed by atoms with E-state index in [1.807, 2.05) is 12.1 Å². The highest BCUT2D eigenvalue weighted by Gasteiger charge is 2.08. The van der Waals surface area contributed by atoms with E-state index in [0.717, 1.165) is 18.7 Å². The molecule has 0 aliphatic rings. The van der Waals surface area contributed by atoms with Gasteiger partial charge in [0.25, 0.3) is 0 Å². The van der Waals surface area contributed by atoms with E-state index in [9.17, 15) is 0 Å². The van der Waals surface area contributed by atoms with Gasteiger partial charge in [-0.1, -0.05) is 31.2 Å². The summed E-state index contributed by atoms with van der Waals surface area (Å²) in [5.74, 6) is 0.904. The largest absolute Gasteiger partial charge is 0.497 e. The van der Waals surface area contributed by atoms with Crippen molar-refractivity contribution in [2.75, 3.05) is 13.4 Å². The summed E-state index contributed by atoms with van der Waals surface area (Å²) in [5, 5.41) is 3.63. The van der Waals surface area contributed by atoms with Crippen molar-refractivity contribution in [3.63, 3.8) is 0 Å². The van der Waals surface area contributed by atoms with Crippen LogP contribution < -0.4 is 10.1 Å². The van der Waals surface area contributed by atoms with Crippen molar-refractivity contribution in [2.24, 2.45) is 0 Å². The summed E-state index contributed by atoms with van der Waals surface area (Å²) in [6.07, 6.45) is 3.17. The fourth-order valence-corrected chi connectivity index (χ4v) is 2.73. The van der Waals surface area contributed by atoms with Crippen LogP contribution in [0.15, 0.2) is 53.4 Å². The second-order valence-corrected chi connectivity index (χ2v) is 5.84. The van der Waals surface area contributed by atoms with E-state index in [2.05, 4.69) is 54.9 Å². The molecule has 21 heavy (non-hydrogen) atoms. The number of hydrogen-bond acceptors (Lipinski definition) is 3. The predicted molar refractivity (Wildman–Crippen MR) is 91.1 cm³/mol. The lowest BCUT2D eigenvalue weighted by Gasteiger charge is -2.18. The highest BCUT2D eigenvalue weighted by Crippen LogP contribution is 2.21. The van der Waals surface area contributed by atoms with Gasteiger partial charge in [-0.25, -0.2) is 0 Å². The van der Waals surface area contributed by atoms with Crippen LogP contribution in [0.4, 0.5) is 0 Å². The maximum absolute atomic E-state index is 5.21. The Morgan fingerprint density at radius 2 is 1.71 bits per heavy atom. The normalized spacial score (nSPS) is 12.1.